The lowest BCUT2D eigenvalue weighted by atomic mass is 10.1. The van der Waals surface area contributed by atoms with Crippen molar-refractivity contribution >= 4 is 17.5 Å². The summed E-state index contributed by atoms with van der Waals surface area (Å²) in [5.74, 6) is 0.553. The van der Waals surface area contributed by atoms with Crippen LogP contribution in [-0.4, -0.2) is 21.0 Å². The Balaban J connectivity index is 1.97. The smallest absolute Gasteiger partial charge is 0.307 e. The van der Waals surface area contributed by atoms with Crippen LogP contribution in [0.4, 0.5) is 11.5 Å². The predicted octanol–water partition coefficient (Wildman–Crippen LogP) is 4.86. The van der Waals surface area contributed by atoms with Gasteiger partial charge in [-0.2, -0.15) is 0 Å². The molecule has 142 valence electrons. The molecule has 3 rings (SSSR count). The average molecular weight is 373 g/mol. The maximum absolute atomic E-state index is 10.9. The van der Waals surface area contributed by atoms with Crippen LogP contribution in [0.1, 0.15) is 22.4 Å². The summed E-state index contributed by atoms with van der Waals surface area (Å²) in [4.78, 5) is 20.3. The van der Waals surface area contributed by atoms with Crippen LogP contribution in [0, 0.1) is 13.8 Å². The van der Waals surface area contributed by atoms with Crippen LogP contribution in [0.5, 0.6) is 0 Å². The zero-order valence-electron chi connectivity index (χ0n) is 16.1. The minimum Gasteiger partial charge on any atom is -0.481 e. The molecular formula is C23H23N3O2. The van der Waals surface area contributed by atoms with E-state index >= 15 is 0 Å². The van der Waals surface area contributed by atoms with Gasteiger partial charge in [0.05, 0.1) is 6.42 Å². The van der Waals surface area contributed by atoms with E-state index in [1.165, 1.54) is 0 Å². The van der Waals surface area contributed by atoms with Gasteiger partial charge in [0.25, 0.3) is 0 Å². The number of anilines is 2. The van der Waals surface area contributed by atoms with E-state index in [1.807, 2.05) is 50.3 Å². The maximum Gasteiger partial charge on any atom is 0.307 e. The molecule has 0 radical (unpaired) electrons. The monoisotopic (exact) mass is 373 g/mol. The van der Waals surface area contributed by atoms with Crippen LogP contribution in [0.25, 0.3) is 11.4 Å². The second kappa shape index (κ2) is 8.48. The summed E-state index contributed by atoms with van der Waals surface area (Å²) >= 11 is 0. The van der Waals surface area contributed by atoms with Gasteiger partial charge in [0, 0.05) is 22.5 Å². The highest BCUT2D eigenvalue weighted by molar-refractivity contribution is 5.71. The fourth-order valence-corrected chi connectivity index (χ4v) is 3.02. The Morgan fingerprint density at radius 3 is 2.54 bits per heavy atom. The van der Waals surface area contributed by atoms with E-state index in [4.69, 9.17) is 10.1 Å². The van der Waals surface area contributed by atoms with Gasteiger partial charge in [-0.1, -0.05) is 42.0 Å². The number of nitrogens with zero attached hydrogens (tertiary/aromatic N) is 2. The fraction of sp³-hybridized carbons (Fsp3) is 0.174. The molecule has 0 saturated heterocycles. The van der Waals surface area contributed by atoms with Crippen molar-refractivity contribution in [3.63, 3.8) is 0 Å². The number of hydrogen-bond donors (Lipinski definition) is 2. The number of benzene rings is 2. The molecule has 1 aromatic heterocycles. The van der Waals surface area contributed by atoms with Gasteiger partial charge < -0.3 is 10.4 Å². The third-order valence-electron chi connectivity index (χ3n) is 4.41. The molecular weight excluding hydrogens is 350 g/mol. The van der Waals surface area contributed by atoms with Crippen LogP contribution in [-0.2, 0) is 17.6 Å². The number of carbonyl (C=O) groups is 1. The van der Waals surface area contributed by atoms with E-state index in [0.717, 1.165) is 39.5 Å². The molecule has 2 aromatic carbocycles. The molecule has 2 N–H and O–H groups in total. The van der Waals surface area contributed by atoms with Gasteiger partial charge in [0.15, 0.2) is 5.82 Å². The maximum atomic E-state index is 10.9. The number of carboxylic acid groups (broad SMARTS) is 1. The molecule has 0 atom stereocenters. The number of hydrogen-bond acceptors (Lipinski definition) is 4. The summed E-state index contributed by atoms with van der Waals surface area (Å²) in [5.41, 5.74) is 5.60. The summed E-state index contributed by atoms with van der Waals surface area (Å²) in [6.07, 6.45) is 2.49. The summed E-state index contributed by atoms with van der Waals surface area (Å²) in [7, 11) is 0. The fourth-order valence-electron chi connectivity index (χ4n) is 3.02. The molecule has 0 saturated carbocycles. The number of nitrogens with one attached hydrogen (secondary N) is 1. The zero-order valence-corrected chi connectivity index (χ0v) is 16.1. The Kier molecular flexibility index (Phi) is 5.84. The van der Waals surface area contributed by atoms with E-state index in [0.29, 0.717) is 12.2 Å². The van der Waals surface area contributed by atoms with Gasteiger partial charge in [-0.05, 0) is 44.0 Å². The Labute approximate surface area is 164 Å². The van der Waals surface area contributed by atoms with E-state index in [2.05, 4.69) is 22.9 Å². The molecule has 28 heavy (non-hydrogen) atoms. The van der Waals surface area contributed by atoms with Crippen molar-refractivity contribution in [2.45, 2.75) is 26.7 Å². The van der Waals surface area contributed by atoms with E-state index in [1.54, 1.807) is 12.1 Å². The molecule has 1 heterocycles. The highest BCUT2D eigenvalue weighted by atomic mass is 16.4. The van der Waals surface area contributed by atoms with Gasteiger partial charge in [0.1, 0.15) is 5.82 Å². The van der Waals surface area contributed by atoms with E-state index < -0.39 is 5.97 Å². The Bertz CT molecular complexity index is 1010. The van der Waals surface area contributed by atoms with Crippen molar-refractivity contribution in [1.82, 2.24) is 9.97 Å². The predicted molar refractivity (Wildman–Crippen MR) is 112 cm³/mol. The third-order valence-corrected chi connectivity index (χ3v) is 4.41. The first-order valence-electron chi connectivity index (χ1n) is 9.09. The summed E-state index contributed by atoms with van der Waals surface area (Å²) in [6, 6.07) is 15.4. The van der Waals surface area contributed by atoms with Crippen LogP contribution < -0.4 is 5.32 Å². The first-order valence-corrected chi connectivity index (χ1v) is 9.09. The number of aromatic nitrogens is 2. The second-order valence-corrected chi connectivity index (χ2v) is 6.71. The molecule has 0 bridgehead atoms. The van der Waals surface area contributed by atoms with Gasteiger partial charge in [-0.3, -0.25) is 4.79 Å². The van der Waals surface area contributed by atoms with Crippen LogP contribution >= 0.6 is 0 Å². The molecule has 0 amide bonds. The minimum atomic E-state index is -0.844. The Hall–Kier alpha value is -3.47. The van der Waals surface area contributed by atoms with Crippen LogP contribution in [0.15, 0.2) is 61.2 Å². The number of allylic oxidation sites excluding steroid dienone is 1. The second-order valence-electron chi connectivity index (χ2n) is 6.71. The van der Waals surface area contributed by atoms with Crippen molar-refractivity contribution in [3.8, 4) is 11.4 Å². The first-order chi connectivity index (χ1) is 13.5. The minimum absolute atomic E-state index is 0.00607. The summed E-state index contributed by atoms with van der Waals surface area (Å²) in [5, 5.41) is 12.3. The zero-order chi connectivity index (χ0) is 20.1. The third kappa shape index (κ3) is 4.62. The van der Waals surface area contributed by atoms with Crippen LogP contribution in [0.3, 0.4) is 0 Å². The van der Waals surface area contributed by atoms with Crippen LogP contribution in [0.2, 0.25) is 0 Å². The summed E-state index contributed by atoms with van der Waals surface area (Å²) < 4.78 is 0. The average Bonchev–Trinajstić information content (AvgIpc) is 2.65. The molecule has 0 unspecified atom stereocenters. The molecule has 0 fully saturated rings. The van der Waals surface area contributed by atoms with Crippen molar-refractivity contribution in [3.05, 3.63) is 83.6 Å². The lowest BCUT2D eigenvalue weighted by molar-refractivity contribution is -0.136. The number of carboxylic acids is 1. The van der Waals surface area contributed by atoms with Crippen molar-refractivity contribution in [2.24, 2.45) is 0 Å². The highest BCUT2D eigenvalue weighted by Gasteiger charge is 2.13. The molecule has 5 nitrogen and oxygen atoms in total. The van der Waals surface area contributed by atoms with E-state index in [9.17, 15) is 4.79 Å². The highest BCUT2D eigenvalue weighted by Crippen LogP contribution is 2.26. The van der Waals surface area contributed by atoms with E-state index in [-0.39, 0.29) is 6.42 Å². The molecule has 3 aromatic rings. The van der Waals surface area contributed by atoms with Gasteiger partial charge >= 0.3 is 5.97 Å². The topological polar surface area (TPSA) is 75.1 Å². The molecule has 0 aliphatic carbocycles. The normalized spacial score (nSPS) is 10.5. The van der Waals surface area contributed by atoms with Gasteiger partial charge in [-0.25, -0.2) is 9.97 Å². The summed E-state index contributed by atoms with van der Waals surface area (Å²) in [6.45, 7) is 7.85. The van der Waals surface area contributed by atoms with Gasteiger partial charge in [0.2, 0.25) is 0 Å². The van der Waals surface area contributed by atoms with Crippen molar-refractivity contribution in [2.75, 3.05) is 5.32 Å². The Morgan fingerprint density at radius 1 is 1.14 bits per heavy atom. The lowest BCUT2D eigenvalue weighted by Crippen LogP contribution is -2.06. The number of rotatable bonds is 7. The molecule has 0 spiro atoms. The van der Waals surface area contributed by atoms with Gasteiger partial charge in [-0.15, -0.1) is 6.58 Å². The Morgan fingerprint density at radius 2 is 1.89 bits per heavy atom. The van der Waals surface area contributed by atoms with Crippen molar-refractivity contribution in [1.29, 1.82) is 0 Å². The standard InChI is InChI=1S/C23H23N3O2/c1-4-6-20-16(3)24-22(18-8-5-7-15(2)13-18)26-23(20)25-19-11-9-17(10-12-19)14-21(27)28/h4-5,7-13H,1,6,14H2,2-3H3,(H,27,28)(H,24,25,26). The first kappa shape index (κ1) is 19.3. The number of aryl methyl sites for hydroxylation is 2. The lowest BCUT2D eigenvalue weighted by Gasteiger charge is -2.15. The quantitative estimate of drug-likeness (QED) is 0.579. The van der Waals surface area contributed by atoms with Crippen molar-refractivity contribution < 1.29 is 9.90 Å². The largest absolute Gasteiger partial charge is 0.481 e. The molecule has 0 aliphatic rings. The number of aliphatic carboxylic acids is 1. The molecule has 0 aliphatic heterocycles. The molecule has 5 heteroatoms. The SMILES string of the molecule is C=CCc1c(C)nc(-c2cccc(C)c2)nc1Nc1ccc(CC(=O)O)cc1.